The summed E-state index contributed by atoms with van der Waals surface area (Å²) in [5.74, 6) is -0.570. The van der Waals surface area contributed by atoms with Crippen molar-refractivity contribution in [2.75, 3.05) is 20.3 Å². The van der Waals surface area contributed by atoms with Gasteiger partial charge in [-0.15, -0.1) is 0 Å². The van der Waals surface area contributed by atoms with Crippen molar-refractivity contribution >= 4 is 27.6 Å². The van der Waals surface area contributed by atoms with E-state index in [9.17, 15) is 13.2 Å². The van der Waals surface area contributed by atoms with Crippen LogP contribution in [0.1, 0.15) is 24.2 Å². The maximum absolute atomic E-state index is 12.8. The van der Waals surface area contributed by atoms with Crippen LogP contribution < -0.4 is 0 Å². The Balaban J connectivity index is 2.39. The number of hydrogen-bond acceptors (Lipinski definition) is 5. The number of rotatable bonds is 3. The van der Waals surface area contributed by atoms with E-state index in [2.05, 4.69) is 4.74 Å². The number of halogens is 1. The molecule has 1 heterocycles. The van der Waals surface area contributed by atoms with E-state index in [-0.39, 0.29) is 34.2 Å². The van der Waals surface area contributed by atoms with Gasteiger partial charge in [0.15, 0.2) is 0 Å². The van der Waals surface area contributed by atoms with Crippen molar-refractivity contribution in [2.45, 2.75) is 30.9 Å². The molecule has 0 unspecified atom stereocenters. The molecule has 0 spiro atoms. The van der Waals surface area contributed by atoms with E-state index in [4.69, 9.17) is 16.3 Å². The lowest BCUT2D eigenvalue weighted by molar-refractivity contribution is -0.0170. The zero-order chi connectivity index (χ0) is 16.5. The summed E-state index contributed by atoms with van der Waals surface area (Å²) >= 11 is 6.07. The number of methoxy groups -OCH3 is 1. The summed E-state index contributed by atoms with van der Waals surface area (Å²) in [5.41, 5.74) is 0.204. The number of sulfonamides is 1. The molecule has 1 aliphatic heterocycles. The molecule has 8 heteroatoms. The van der Waals surface area contributed by atoms with E-state index in [1.54, 1.807) is 6.92 Å². The van der Waals surface area contributed by atoms with Crippen LogP contribution in [0.2, 0.25) is 5.02 Å². The summed E-state index contributed by atoms with van der Waals surface area (Å²) in [6, 6.07) is 3.74. The second-order valence-electron chi connectivity index (χ2n) is 5.20. The Morgan fingerprint density at radius 3 is 2.68 bits per heavy atom. The van der Waals surface area contributed by atoms with Crippen LogP contribution >= 0.6 is 11.6 Å². The van der Waals surface area contributed by atoms with Crippen LogP contribution in [0.3, 0.4) is 0 Å². The molecule has 1 saturated heterocycles. The molecular weight excluding hydrogens is 330 g/mol. The Bertz CT molecular complexity index is 676. The number of carbonyl (C=O) groups is 1. The number of morpholine rings is 1. The quantitative estimate of drug-likeness (QED) is 0.781. The Hall–Kier alpha value is -1.15. The number of hydrogen-bond donors (Lipinski definition) is 0. The van der Waals surface area contributed by atoms with Gasteiger partial charge in [-0.3, -0.25) is 0 Å². The van der Waals surface area contributed by atoms with Gasteiger partial charge in [0.1, 0.15) is 4.90 Å². The number of esters is 1. The van der Waals surface area contributed by atoms with Gasteiger partial charge in [0.2, 0.25) is 10.0 Å². The molecule has 0 aliphatic carbocycles. The molecule has 0 amide bonds. The van der Waals surface area contributed by atoms with Gasteiger partial charge in [0, 0.05) is 12.6 Å². The van der Waals surface area contributed by atoms with Crippen molar-refractivity contribution in [3.8, 4) is 0 Å². The first-order valence-corrected chi connectivity index (χ1v) is 8.60. The number of nitrogens with zero attached hydrogens (tertiary/aromatic N) is 1. The first-order chi connectivity index (χ1) is 10.3. The molecule has 1 aromatic carbocycles. The van der Waals surface area contributed by atoms with Crippen molar-refractivity contribution in [1.29, 1.82) is 0 Å². The molecule has 0 N–H and O–H groups in total. The molecule has 0 saturated carbocycles. The van der Waals surface area contributed by atoms with E-state index in [1.165, 1.54) is 29.6 Å². The molecule has 1 fully saturated rings. The van der Waals surface area contributed by atoms with Crippen LogP contribution in [0.25, 0.3) is 0 Å². The fourth-order valence-corrected chi connectivity index (χ4v) is 4.50. The molecule has 22 heavy (non-hydrogen) atoms. The van der Waals surface area contributed by atoms with Crippen molar-refractivity contribution in [1.82, 2.24) is 4.31 Å². The van der Waals surface area contributed by atoms with Gasteiger partial charge in [0.25, 0.3) is 0 Å². The topological polar surface area (TPSA) is 72.9 Å². The molecule has 6 nitrogen and oxygen atoms in total. The van der Waals surface area contributed by atoms with E-state index in [1.807, 2.05) is 6.92 Å². The highest BCUT2D eigenvalue weighted by Crippen LogP contribution is 2.29. The predicted octanol–water partition coefficient (Wildman–Crippen LogP) is 1.92. The second kappa shape index (κ2) is 6.54. The highest BCUT2D eigenvalue weighted by atomic mass is 35.5. The monoisotopic (exact) mass is 347 g/mol. The van der Waals surface area contributed by atoms with Gasteiger partial charge in [0.05, 0.1) is 30.4 Å². The molecular formula is C14H18ClNO5S. The summed E-state index contributed by atoms with van der Waals surface area (Å²) in [4.78, 5) is 11.4. The van der Waals surface area contributed by atoms with Gasteiger partial charge in [-0.2, -0.15) is 4.31 Å². The van der Waals surface area contributed by atoms with Crippen LogP contribution in [0.4, 0.5) is 0 Å². The maximum atomic E-state index is 12.8. The van der Waals surface area contributed by atoms with Gasteiger partial charge >= 0.3 is 5.97 Å². The van der Waals surface area contributed by atoms with E-state index < -0.39 is 16.0 Å². The minimum atomic E-state index is -3.75. The van der Waals surface area contributed by atoms with Crippen LogP contribution in [-0.2, 0) is 19.5 Å². The molecule has 2 rings (SSSR count). The van der Waals surface area contributed by atoms with E-state index in [0.717, 1.165) is 0 Å². The molecule has 2 atom stereocenters. The van der Waals surface area contributed by atoms with Gasteiger partial charge in [-0.05, 0) is 32.0 Å². The SMILES string of the molecule is COC(=O)c1ccc(S(=O)(=O)N2C[C@@H](C)OC[C@@H]2C)c(Cl)c1. The van der Waals surface area contributed by atoms with E-state index >= 15 is 0 Å². The number of benzene rings is 1. The Kier molecular flexibility index (Phi) is 5.11. The standard InChI is InChI=1S/C14H18ClNO5S/c1-9-8-21-10(2)7-16(9)22(18,19)13-5-4-11(6-12(13)15)14(17)20-3/h4-6,9-10H,7-8H2,1-3H3/t9-,10+/m0/s1. The summed E-state index contributed by atoms with van der Waals surface area (Å²) < 4.78 is 37.0. The lowest BCUT2D eigenvalue weighted by atomic mass is 10.2. The third-order valence-corrected chi connectivity index (χ3v) is 5.95. The lowest BCUT2D eigenvalue weighted by Crippen LogP contribution is -2.50. The van der Waals surface area contributed by atoms with Crippen LogP contribution in [0, 0.1) is 0 Å². The Morgan fingerprint density at radius 2 is 2.09 bits per heavy atom. The zero-order valence-electron chi connectivity index (χ0n) is 12.6. The van der Waals surface area contributed by atoms with Gasteiger partial charge in [-0.25, -0.2) is 13.2 Å². The highest BCUT2D eigenvalue weighted by Gasteiger charge is 2.35. The smallest absolute Gasteiger partial charge is 0.337 e. The largest absolute Gasteiger partial charge is 0.465 e. The average Bonchev–Trinajstić information content (AvgIpc) is 2.48. The number of carbonyl (C=O) groups excluding carboxylic acids is 1. The van der Waals surface area contributed by atoms with Crippen molar-refractivity contribution in [2.24, 2.45) is 0 Å². The van der Waals surface area contributed by atoms with E-state index in [0.29, 0.717) is 6.61 Å². The fraction of sp³-hybridized carbons (Fsp3) is 0.500. The first-order valence-electron chi connectivity index (χ1n) is 6.78. The molecule has 0 bridgehead atoms. The second-order valence-corrected chi connectivity index (χ2v) is 7.47. The molecule has 0 radical (unpaired) electrons. The van der Waals surface area contributed by atoms with Crippen molar-refractivity contribution in [3.63, 3.8) is 0 Å². The van der Waals surface area contributed by atoms with Gasteiger partial charge in [-0.1, -0.05) is 11.6 Å². The van der Waals surface area contributed by atoms with Crippen LogP contribution in [0.5, 0.6) is 0 Å². The average molecular weight is 348 g/mol. The molecule has 122 valence electrons. The molecule has 1 aliphatic rings. The van der Waals surface area contributed by atoms with Gasteiger partial charge < -0.3 is 9.47 Å². The fourth-order valence-electron chi connectivity index (χ4n) is 2.29. The summed E-state index contributed by atoms with van der Waals surface area (Å²) in [6.07, 6.45) is -0.181. The van der Waals surface area contributed by atoms with Crippen molar-refractivity contribution < 1.29 is 22.7 Å². The Morgan fingerprint density at radius 1 is 1.41 bits per heavy atom. The predicted molar refractivity (Wildman–Crippen MR) is 81.6 cm³/mol. The molecule has 1 aromatic rings. The maximum Gasteiger partial charge on any atom is 0.337 e. The third kappa shape index (κ3) is 3.27. The third-order valence-electron chi connectivity index (χ3n) is 3.49. The highest BCUT2D eigenvalue weighted by molar-refractivity contribution is 7.89. The molecule has 0 aromatic heterocycles. The zero-order valence-corrected chi connectivity index (χ0v) is 14.1. The summed E-state index contributed by atoms with van der Waals surface area (Å²) in [5, 5.41) is -0.00533. The lowest BCUT2D eigenvalue weighted by Gasteiger charge is -2.35. The number of ether oxygens (including phenoxy) is 2. The summed E-state index contributed by atoms with van der Waals surface area (Å²) in [6.45, 7) is 4.19. The normalized spacial score (nSPS) is 23.3. The minimum Gasteiger partial charge on any atom is -0.465 e. The van der Waals surface area contributed by atoms with Crippen molar-refractivity contribution in [3.05, 3.63) is 28.8 Å². The minimum absolute atomic E-state index is 0.00533. The van der Waals surface area contributed by atoms with Crippen LogP contribution in [-0.4, -0.2) is 51.1 Å². The summed E-state index contributed by atoms with van der Waals surface area (Å²) in [7, 11) is -2.51. The van der Waals surface area contributed by atoms with Crippen LogP contribution in [0.15, 0.2) is 23.1 Å². The Labute approximate surface area is 135 Å². The first kappa shape index (κ1) is 17.2.